The van der Waals surface area contributed by atoms with Crippen molar-refractivity contribution in [1.82, 2.24) is 0 Å². The van der Waals surface area contributed by atoms with Gasteiger partial charge in [-0.3, -0.25) is 0 Å². The Labute approximate surface area is 50.7 Å². The molecule has 0 heterocycles. The number of halogens is 2. The zero-order valence-electron chi connectivity index (χ0n) is 2.78. The molecule has 0 N–H and O–H groups in total. The van der Waals surface area contributed by atoms with Gasteiger partial charge in [0.25, 0.3) is 0 Å². The van der Waals surface area contributed by atoms with E-state index in [2.05, 4.69) is 7.62 Å². The molecule has 0 atom stereocenters. The average molecular weight is 237 g/mol. The summed E-state index contributed by atoms with van der Waals surface area (Å²) in [6.07, 6.45) is 0. The van der Waals surface area contributed by atoms with Gasteiger partial charge in [-0.2, -0.15) is 0 Å². The molecule has 0 saturated carbocycles. The Morgan fingerprint density at radius 1 is 1.14 bits per heavy atom. The second-order valence-electron chi connectivity index (χ2n) is 0.438. The van der Waals surface area contributed by atoms with Crippen molar-refractivity contribution in [3.63, 3.8) is 0 Å². The van der Waals surface area contributed by atoms with Crippen molar-refractivity contribution in [1.29, 1.82) is 0 Å². The predicted octanol–water partition coefficient (Wildman–Crippen LogP) is 1.81. The molecule has 7 heavy (non-hydrogen) atoms. The van der Waals surface area contributed by atoms with Crippen molar-refractivity contribution in [2.45, 2.75) is 0 Å². The molecule has 0 saturated heterocycles. The van der Waals surface area contributed by atoms with Crippen LogP contribution in [0.3, 0.4) is 0 Å². The van der Waals surface area contributed by atoms with Gasteiger partial charge >= 0.3 is 50.5 Å². The van der Waals surface area contributed by atoms with E-state index in [1.807, 2.05) is 0 Å². The summed E-state index contributed by atoms with van der Waals surface area (Å²) >= 11 is -3.67. The van der Waals surface area contributed by atoms with Crippen molar-refractivity contribution in [2.24, 2.45) is 7.62 Å². The molecular weight excluding hydrogens is 237 g/mol. The van der Waals surface area contributed by atoms with Crippen LogP contribution < -0.4 is 0 Å². The van der Waals surface area contributed by atoms with E-state index in [0.717, 1.165) is 0 Å². The minimum atomic E-state index is -3.67. The number of hydrogen-bond donors (Lipinski definition) is 0. The van der Waals surface area contributed by atoms with E-state index in [4.69, 9.17) is 19.1 Å². The molecule has 4 nitrogen and oxygen atoms in total. The van der Waals surface area contributed by atoms with Crippen molar-refractivity contribution >= 4 is 19.1 Å². The van der Waals surface area contributed by atoms with E-state index in [1.54, 1.807) is 0 Å². The van der Waals surface area contributed by atoms with Gasteiger partial charge < -0.3 is 0 Å². The Kier molecular flexibility index (Phi) is 2.85. The fourth-order valence-electron chi connectivity index (χ4n) is 0.0105. The molecule has 0 amide bonds. The first-order chi connectivity index (χ1) is 3.12. The summed E-state index contributed by atoms with van der Waals surface area (Å²) in [4.78, 5) is 18.6. The molecule has 0 rings (SSSR count). The van der Waals surface area contributed by atoms with Crippen LogP contribution in [0.4, 0.5) is 0 Å². The van der Waals surface area contributed by atoms with Gasteiger partial charge in [0, 0.05) is 0 Å². The minimum absolute atomic E-state index is 2.09. The molecular formula is Cl2N2O2Pd. The van der Waals surface area contributed by atoms with Crippen molar-refractivity contribution < 1.29 is 14.0 Å². The maximum absolute atomic E-state index is 9.32. The van der Waals surface area contributed by atoms with E-state index < -0.39 is 14.0 Å². The van der Waals surface area contributed by atoms with Gasteiger partial charge in [0.2, 0.25) is 0 Å². The van der Waals surface area contributed by atoms with Crippen LogP contribution in [0.5, 0.6) is 0 Å². The Balaban J connectivity index is 3.82. The monoisotopic (exact) mass is 236 g/mol. The molecule has 0 aliphatic carbocycles. The van der Waals surface area contributed by atoms with Gasteiger partial charge in [-0.15, -0.1) is 0 Å². The van der Waals surface area contributed by atoms with E-state index in [9.17, 15) is 9.81 Å². The van der Waals surface area contributed by atoms with Gasteiger partial charge in [-0.1, -0.05) is 0 Å². The Morgan fingerprint density at radius 2 is 1.43 bits per heavy atom. The van der Waals surface area contributed by atoms with Crippen LogP contribution in [0, 0.1) is 9.81 Å². The summed E-state index contributed by atoms with van der Waals surface area (Å²) in [6.45, 7) is 0. The third-order valence-corrected chi connectivity index (χ3v) is 1.85. The molecule has 7 heteroatoms. The molecule has 0 unspecified atom stereocenters. The van der Waals surface area contributed by atoms with Crippen molar-refractivity contribution in [3.8, 4) is 0 Å². The average Bonchev–Trinajstić information content (AvgIpc) is 1.68. The third kappa shape index (κ3) is 3.06. The second-order valence-corrected chi connectivity index (χ2v) is 7.26. The van der Waals surface area contributed by atoms with Crippen LogP contribution in [0.1, 0.15) is 0 Å². The van der Waals surface area contributed by atoms with E-state index in [-0.39, 0.29) is 0 Å². The Bertz CT molecular complexity index is 81.7. The quantitative estimate of drug-likeness (QED) is 0.543. The molecule has 0 bridgehead atoms. The first-order valence-electron chi connectivity index (χ1n) is 0.887. The van der Waals surface area contributed by atoms with Gasteiger partial charge in [0.15, 0.2) is 0 Å². The van der Waals surface area contributed by atoms with E-state index in [0.29, 0.717) is 0 Å². The molecule has 0 spiro atoms. The molecule has 0 aliphatic heterocycles. The maximum atomic E-state index is 9.32. The van der Waals surface area contributed by atoms with Crippen molar-refractivity contribution in [2.75, 3.05) is 0 Å². The van der Waals surface area contributed by atoms with Gasteiger partial charge in [0.05, 0.1) is 0 Å². The van der Waals surface area contributed by atoms with Crippen LogP contribution in [-0.4, -0.2) is 0 Å². The fraction of sp³-hybridized carbons (Fsp3) is 0. The van der Waals surface area contributed by atoms with Crippen LogP contribution >= 0.6 is 19.1 Å². The van der Waals surface area contributed by atoms with Gasteiger partial charge in [-0.25, -0.2) is 0 Å². The van der Waals surface area contributed by atoms with Gasteiger partial charge in [-0.05, 0) is 0 Å². The molecule has 0 aromatic heterocycles. The molecule has 46 valence electrons. The van der Waals surface area contributed by atoms with Gasteiger partial charge in [0.1, 0.15) is 0 Å². The van der Waals surface area contributed by atoms with Crippen LogP contribution in [0.15, 0.2) is 7.62 Å². The predicted molar refractivity (Wildman–Crippen MR) is 23.3 cm³/mol. The summed E-state index contributed by atoms with van der Waals surface area (Å²) in [5, 5.41) is 0. The number of nitroso groups, excluding NO2 is 2. The molecule has 0 aromatic rings. The summed E-state index contributed by atoms with van der Waals surface area (Å²) in [7, 11) is 9.72. The van der Waals surface area contributed by atoms with Crippen LogP contribution in [-0.2, 0) is 14.0 Å². The number of rotatable bonds is 2. The van der Waals surface area contributed by atoms with Crippen LogP contribution in [0.2, 0.25) is 0 Å². The number of hydrogen-bond acceptors (Lipinski definition) is 4. The summed E-state index contributed by atoms with van der Waals surface area (Å²) in [5.41, 5.74) is 0. The van der Waals surface area contributed by atoms with Crippen molar-refractivity contribution in [3.05, 3.63) is 9.81 Å². The summed E-state index contributed by atoms with van der Waals surface area (Å²) in [5.74, 6) is 0. The first-order valence-corrected chi connectivity index (χ1v) is 6.28. The summed E-state index contributed by atoms with van der Waals surface area (Å²) in [6, 6.07) is 0. The second kappa shape index (κ2) is 2.68. The fourth-order valence-corrected chi connectivity index (χ4v) is 0.0624. The topological polar surface area (TPSA) is 58.9 Å². The molecule has 0 aromatic carbocycles. The van der Waals surface area contributed by atoms with E-state index in [1.165, 1.54) is 0 Å². The SMILES string of the molecule is O=[N][Pd]([Cl])([Cl])[N]=O. The standard InChI is InChI=1S/2ClH.2NO.Pd/c;;2*1-2;/h2*1H;;;/q;;2*-1;+4/p-2. The zero-order chi connectivity index (χ0) is 5.91. The normalized spacial score (nSPS) is 12.9. The van der Waals surface area contributed by atoms with Crippen LogP contribution in [0.25, 0.3) is 0 Å². The number of nitrogens with zero attached hydrogens (tertiary/aromatic N) is 2. The van der Waals surface area contributed by atoms with E-state index >= 15 is 0 Å². The zero-order valence-corrected chi connectivity index (χ0v) is 5.85. The molecule has 0 fully saturated rings. The Hall–Kier alpha value is 0.442. The molecule has 0 aliphatic rings. The first kappa shape index (κ1) is 7.44. The molecule has 0 radical (unpaired) electrons. The summed E-state index contributed by atoms with van der Waals surface area (Å²) < 4.78 is 4.18. The third-order valence-electron chi connectivity index (χ3n) is 0.139. The Morgan fingerprint density at radius 3 is 1.43 bits per heavy atom.